The second kappa shape index (κ2) is 6.83. The van der Waals surface area contributed by atoms with Crippen LogP contribution in [0.5, 0.6) is 0 Å². The highest BCUT2D eigenvalue weighted by molar-refractivity contribution is 4.91. The van der Waals surface area contributed by atoms with E-state index in [-0.39, 0.29) is 0 Å². The fourth-order valence-corrected chi connectivity index (χ4v) is 3.29. The summed E-state index contributed by atoms with van der Waals surface area (Å²) < 4.78 is 2.04. The standard InChI is InChI=1S/C15H28N6/c1-3-19(4-2)11-13-7-9-20(10-8-13)12-15-16-17-18-21(15)14-5-6-14/h13-14H,3-12H2,1-2H3. The van der Waals surface area contributed by atoms with Crippen molar-refractivity contribution in [3.05, 3.63) is 5.82 Å². The molecule has 0 atom stereocenters. The lowest BCUT2D eigenvalue weighted by molar-refractivity contribution is 0.140. The molecule has 21 heavy (non-hydrogen) atoms. The second-order valence-corrected chi connectivity index (χ2v) is 6.48. The van der Waals surface area contributed by atoms with Crippen molar-refractivity contribution < 1.29 is 0 Å². The van der Waals surface area contributed by atoms with Gasteiger partial charge in [-0.1, -0.05) is 13.8 Å². The molecule has 0 aromatic carbocycles. The van der Waals surface area contributed by atoms with Gasteiger partial charge in [0.15, 0.2) is 5.82 Å². The van der Waals surface area contributed by atoms with E-state index in [1.165, 1.54) is 58.4 Å². The summed E-state index contributed by atoms with van der Waals surface area (Å²) in [5, 5.41) is 12.2. The highest BCUT2D eigenvalue weighted by Crippen LogP contribution is 2.34. The predicted octanol–water partition coefficient (Wildman–Crippen LogP) is 1.56. The molecule has 1 aliphatic heterocycles. The Bertz CT molecular complexity index is 429. The number of piperidine rings is 1. The monoisotopic (exact) mass is 292 g/mol. The van der Waals surface area contributed by atoms with Crippen LogP contribution in [0.15, 0.2) is 0 Å². The molecule has 0 N–H and O–H groups in total. The number of aromatic nitrogens is 4. The molecule has 1 saturated carbocycles. The lowest BCUT2D eigenvalue weighted by Gasteiger charge is -2.34. The SMILES string of the molecule is CCN(CC)CC1CCN(Cc2nnnn2C2CC2)CC1. The molecule has 1 aromatic heterocycles. The van der Waals surface area contributed by atoms with Gasteiger partial charge in [0.1, 0.15) is 0 Å². The second-order valence-electron chi connectivity index (χ2n) is 6.48. The molecular formula is C15H28N6. The highest BCUT2D eigenvalue weighted by atomic mass is 15.6. The molecule has 118 valence electrons. The van der Waals surface area contributed by atoms with Gasteiger partial charge < -0.3 is 4.90 Å². The van der Waals surface area contributed by atoms with Crippen molar-refractivity contribution in [2.45, 2.75) is 52.1 Å². The molecule has 2 heterocycles. The van der Waals surface area contributed by atoms with Gasteiger partial charge in [0, 0.05) is 6.54 Å². The maximum Gasteiger partial charge on any atom is 0.165 e. The van der Waals surface area contributed by atoms with Crippen LogP contribution in [-0.4, -0.2) is 62.7 Å². The van der Waals surface area contributed by atoms with Crippen molar-refractivity contribution in [1.29, 1.82) is 0 Å². The van der Waals surface area contributed by atoms with Crippen LogP contribution < -0.4 is 0 Å². The first-order valence-electron chi connectivity index (χ1n) is 8.51. The predicted molar refractivity (Wildman–Crippen MR) is 81.9 cm³/mol. The molecule has 0 amide bonds. The Kier molecular flexibility index (Phi) is 4.85. The van der Waals surface area contributed by atoms with E-state index in [9.17, 15) is 0 Å². The molecule has 2 aliphatic rings. The fourth-order valence-electron chi connectivity index (χ4n) is 3.29. The Balaban J connectivity index is 1.46. The number of hydrogen-bond acceptors (Lipinski definition) is 5. The van der Waals surface area contributed by atoms with Gasteiger partial charge in [-0.05, 0) is 68.2 Å². The van der Waals surface area contributed by atoms with Crippen LogP contribution in [0.1, 0.15) is 51.4 Å². The zero-order valence-electron chi connectivity index (χ0n) is 13.4. The molecule has 1 aromatic rings. The minimum Gasteiger partial charge on any atom is -0.304 e. The number of nitrogens with zero attached hydrogens (tertiary/aromatic N) is 6. The minimum atomic E-state index is 0.579. The van der Waals surface area contributed by atoms with Gasteiger partial charge in [0.25, 0.3) is 0 Å². The maximum absolute atomic E-state index is 4.22. The topological polar surface area (TPSA) is 50.1 Å². The molecule has 0 unspecified atom stereocenters. The van der Waals surface area contributed by atoms with Crippen LogP contribution in [0, 0.1) is 5.92 Å². The van der Waals surface area contributed by atoms with E-state index in [0.29, 0.717) is 6.04 Å². The first kappa shape index (κ1) is 14.9. The Labute approximate surface area is 127 Å². The van der Waals surface area contributed by atoms with Crippen LogP contribution in [0.4, 0.5) is 0 Å². The van der Waals surface area contributed by atoms with E-state index in [1.54, 1.807) is 0 Å². The summed E-state index contributed by atoms with van der Waals surface area (Å²) in [6, 6.07) is 0.579. The summed E-state index contributed by atoms with van der Waals surface area (Å²) in [5.74, 6) is 1.92. The largest absolute Gasteiger partial charge is 0.304 e. The van der Waals surface area contributed by atoms with E-state index in [2.05, 4.69) is 39.2 Å². The summed E-state index contributed by atoms with van der Waals surface area (Å²) in [7, 11) is 0. The third-order valence-corrected chi connectivity index (χ3v) is 4.94. The average molecular weight is 292 g/mol. The van der Waals surface area contributed by atoms with Crippen LogP contribution in [0.2, 0.25) is 0 Å². The van der Waals surface area contributed by atoms with Crippen LogP contribution in [-0.2, 0) is 6.54 Å². The number of likely N-dealkylation sites (tertiary alicyclic amines) is 1. The van der Waals surface area contributed by atoms with Crippen molar-refractivity contribution >= 4 is 0 Å². The van der Waals surface area contributed by atoms with Gasteiger partial charge in [-0.25, -0.2) is 4.68 Å². The van der Waals surface area contributed by atoms with Crippen molar-refractivity contribution in [2.75, 3.05) is 32.7 Å². The molecule has 2 fully saturated rings. The highest BCUT2D eigenvalue weighted by Gasteiger charge is 2.29. The number of tetrazole rings is 1. The van der Waals surface area contributed by atoms with Gasteiger partial charge >= 0.3 is 0 Å². The van der Waals surface area contributed by atoms with Gasteiger partial charge in [-0.15, -0.1) is 5.10 Å². The Morgan fingerprint density at radius 3 is 2.43 bits per heavy atom. The Morgan fingerprint density at radius 2 is 1.81 bits per heavy atom. The number of hydrogen-bond donors (Lipinski definition) is 0. The normalized spacial score (nSPS) is 21.3. The van der Waals surface area contributed by atoms with Gasteiger partial charge in [-0.3, -0.25) is 4.90 Å². The maximum atomic E-state index is 4.22. The first-order chi connectivity index (χ1) is 10.3. The van der Waals surface area contributed by atoms with Gasteiger partial charge in [0.05, 0.1) is 12.6 Å². The van der Waals surface area contributed by atoms with E-state index >= 15 is 0 Å². The fraction of sp³-hybridized carbons (Fsp3) is 0.933. The van der Waals surface area contributed by atoms with E-state index < -0.39 is 0 Å². The van der Waals surface area contributed by atoms with E-state index in [1.807, 2.05) is 4.68 Å². The van der Waals surface area contributed by atoms with Crippen LogP contribution in [0.3, 0.4) is 0 Å². The quantitative estimate of drug-likeness (QED) is 0.763. The zero-order chi connectivity index (χ0) is 14.7. The molecule has 1 saturated heterocycles. The molecule has 1 aliphatic carbocycles. The summed E-state index contributed by atoms with van der Waals surface area (Å²) in [5.41, 5.74) is 0. The van der Waals surface area contributed by atoms with Crippen molar-refractivity contribution in [3.63, 3.8) is 0 Å². The molecule has 0 radical (unpaired) electrons. The molecular weight excluding hydrogens is 264 g/mol. The smallest absolute Gasteiger partial charge is 0.165 e. The van der Waals surface area contributed by atoms with E-state index in [0.717, 1.165) is 18.3 Å². The van der Waals surface area contributed by atoms with E-state index in [4.69, 9.17) is 0 Å². The summed E-state index contributed by atoms with van der Waals surface area (Å²) >= 11 is 0. The van der Waals surface area contributed by atoms with Crippen LogP contribution in [0.25, 0.3) is 0 Å². The summed E-state index contributed by atoms with van der Waals surface area (Å²) in [6.07, 6.45) is 5.09. The lowest BCUT2D eigenvalue weighted by Crippen LogP contribution is -2.38. The van der Waals surface area contributed by atoms with Crippen LogP contribution >= 0.6 is 0 Å². The Hall–Kier alpha value is -1.01. The molecule has 0 spiro atoms. The lowest BCUT2D eigenvalue weighted by atomic mass is 9.96. The minimum absolute atomic E-state index is 0.579. The number of rotatable bonds is 7. The van der Waals surface area contributed by atoms with Crippen molar-refractivity contribution in [3.8, 4) is 0 Å². The summed E-state index contributed by atoms with van der Waals surface area (Å²) in [6.45, 7) is 11.4. The van der Waals surface area contributed by atoms with Gasteiger partial charge in [0.2, 0.25) is 0 Å². The Morgan fingerprint density at radius 1 is 1.10 bits per heavy atom. The molecule has 0 bridgehead atoms. The molecule has 6 heteroatoms. The molecule has 6 nitrogen and oxygen atoms in total. The summed E-state index contributed by atoms with van der Waals surface area (Å²) in [4.78, 5) is 5.07. The zero-order valence-corrected chi connectivity index (χ0v) is 13.4. The van der Waals surface area contributed by atoms with Gasteiger partial charge in [-0.2, -0.15) is 0 Å². The first-order valence-corrected chi connectivity index (χ1v) is 8.51. The third kappa shape index (κ3) is 3.80. The average Bonchev–Trinajstić information content (AvgIpc) is 3.26. The third-order valence-electron chi connectivity index (χ3n) is 4.94. The van der Waals surface area contributed by atoms with Crippen molar-refractivity contribution in [2.24, 2.45) is 5.92 Å². The van der Waals surface area contributed by atoms with Crippen molar-refractivity contribution in [1.82, 2.24) is 30.0 Å². The molecule has 3 rings (SSSR count).